The molecule has 1 saturated carbocycles. The first-order valence-electron chi connectivity index (χ1n) is 10.1. The van der Waals surface area contributed by atoms with Crippen molar-refractivity contribution in [3.63, 3.8) is 0 Å². The Balaban J connectivity index is 1.57. The fourth-order valence-corrected chi connectivity index (χ4v) is 4.76. The van der Waals surface area contributed by atoms with Crippen LogP contribution in [0.3, 0.4) is 0 Å². The second-order valence-corrected chi connectivity index (χ2v) is 9.75. The lowest BCUT2D eigenvalue weighted by molar-refractivity contribution is -0.274. The van der Waals surface area contributed by atoms with Gasteiger partial charge < -0.3 is 4.74 Å². The van der Waals surface area contributed by atoms with Crippen LogP contribution in [0.4, 0.5) is 13.2 Å². The summed E-state index contributed by atoms with van der Waals surface area (Å²) >= 11 is 0. The van der Waals surface area contributed by atoms with Gasteiger partial charge in [-0.05, 0) is 80.9 Å². The average molecular weight is 454 g/mol. The number of aryl methyl sites for hydroxylation is 1. The van der Waals surface area contributed by atoms with Crippen LogP contribution in [-0.4, -0.2) is 21.3 Å². The molecule has 0 aromatic heterocycles. The Labute approximate surface area is 181 Å². The average Bonchev–Trinajstić information content (AvgIpc) is 3.45. The Morgan fingerprint density at radius 2 is 1.81 bits per heavy atom. The summed E-state index contributed by atoms with van der Waals surface area (Å²) in [5.41, 5.74) is 3.70. The van der Waals surface area contributed by atoms with Crippen LogP contribution in [0.25, 0.3) is 5.57 Å². The summed E-state index contributed by atoms with van der Waals surface area (Å²) in [4.78, 5) is 0.248. The SMILES string of the molecule is C/C(=C(/C)C1CC1CCNS(=O)(=O)c1ccc(C)cc1)c1cccc(OC(F)(F)F)c1. The van der Waals surface area contributed by atoms with E-state index >= 15 is 0 Å². The number of rotatable bonds is 8. The minimum absolute atomic E-state index is 0.241. The van der Waals surface area contributed by atoms with Gasteiger partial charge in [-0.1, -0.05) is 35.4 Å². The maximum absolute atomic E-state index is 12.5. The molecule has 0 spiro atoms. The van der Waals surface area contributed by atoms with Crippen LogP contribution in [0.15, 0.2) is 59.0 Å². The molecule has 1 N–H and O–H groups in total. The molecule has 0 aliphatic heterocycles. The van der Waals surface area contributed by atoms with Crippen molar-refractivity contribution >= 4 is 15.6 Å². The van der Waals surface area contributed by atoms with Crippen LogP contribution in [0.2, 0.25) is 0 Å². The number of ether oxygens (including phenoxy) is 1. The molecule has 0 amide bonds. The van der Waals surface area contributed by atoms with Crippen LogP contribution in [0, 0.1) is 18.8 Å². The molecule has 3 rings (SSSR count). The fraction of sp³-hybridized carbons (Fsp3) is 0.391. The smallest absolute Gasteiger partial charge is 0.406 e. The zero-order valence-corrected chi connectivity index (χ0v) is 18.5. The molecule has 1 fully saturated rings. The van der Waals surface area contributed by atoms with Gasteiger partial charge in [0.2, 0.25) is 10.0 Å². The summed E-state index contributed by atoms with van der Waals surface area (Å²) in [7, 11) is -3.53. The molecule has 2 atom stereocenters. The summed E-state index contributed by atoms with van der Waals surface area (Å²) in [6.45, 7) is 6.11. The van der Waals surface area contributed by atoms with E-state index in [0.29, 0.717) is 30.4 Å². The number of nitrogens with one attached hydrogen (secondary N) is 1. The molecule has 0 radical (unpaired) electrons. The van der Waals surface area contributed by atoms with Crippen molar-refractivity contribution in [3.8, 4) is 5.75 Å². The third-order valence-corrected chi connectivity index (χ3v) is 7.19. The minimum Gasteiger partial charge on any atom is -0.406 e. The van der Waals surface area contributed by atoms with Gasteiger partial charge in [-0.3, -0.25) is 0 Å². The molecule has 1 aliphatic carbocycles. The van der Waals surface area contributed by atoms with Gasteiger partial charge >= 0.3 is 6.36 Å². The largest absolute Gasteiger partial charge is 0.573 e. The third-order valence-electron chi connectivity index (χ3n) is 5.71. The van der Waals surface area contributed by atoms with Gasteiger partial charge in [0.25, 0.3) is 0 Å². The first kappa shape index (κ1) is 23.3. The summed E-state index contributed by atoms with van der Waals surface area (Å²) in [5.74, 6) is 0.413. The van der Waals surface area contributed by atoms with Crippen LogP contribution in [-0.2, 0) is 10.0 Å². The molecular weight excluding hydrogens is 427 g/mol. The van der Waals surface area contributed by atoms with E-state index in [1.54, 1.807) is 30.3 Å². The zero-order valence-electron chi connectivity index (χ0n) is 17.7. The molecule has 2 aromatic carbocycles. The van der Waals surface area contributed by atoms with Gasteiger partial charge in [-0.2, -0.15) is 0 Å². The van der Waals surface area contributed by atoms with E-state index < -0.39 is 16.4 Å². The van der Waals surface area contributed by atoms with E-state index in [9.17, 15) is 21.6 Å². The van der Waals surface area contributed by atoms with Crippen molar-refractivity contribution in [1.82, 2.24) is 4.72 Å². The summed E-state index contributed by atoms with van der Waals surface area (Å²) in [6, 6.07) is 12.7. The van der Waals surface area contributed by atoms with Gasteiger partial charge in [0.1, 0.15) is 5.75 Å². The summed E-state index contributed by atoms with van der Waals surface area (Å²) in [5, 5.41) is 0. The van der Waals surface area contributed by atoms with Crippen molar-refractivity contribution in [2.75, 3.05) is 6.54 Å². The number of sulfonamides is 1. The molecule has 8 heteroatoms. The van der Waals surface area contributed by atoms with E-state index in [-0.39, 0.29) is 10.6 Å². The number of hydrogen-bond acceptors (Lipinski definition) is 3. The van der Waals surface area contributed by atoms with Crippen LogP contribution in [0.1, 0.15) is 37.8 Å². The van der Waals surface area contributed by atoms with E-state index in [4.69, 9.17) is 0 Å². The quantitative estimate of drug-likeness (QED) is 0.559. The molecule has 0 bridgehead atoms. The highest BCUT2D eigenvalue weighted by Crippen LogP contribution is 2.48. The summed E-state index contributed by atoms with van der Waals surface area (Å²) in [6.07, 6.45) is -3.08. The maximum atomic E-state index is 12.5. The highest BCUT2D eigenvalue weighted by molar-refractivity contribution is 7.89. The van der Waals surface area contributed by atoms with Crippen molar-refractivity contribution in [3.05, 3.63) is 65.2 Å². The predicted molar refractivity (Wildman–Crippen MR) is 114 cm³/mol. The number of benzene rings is 2. The van der Waals surface area contributed by atoms with Gasteiger partial charge in [-0.25, -0.2) is 13.1 Å². The van der Waals surface area contributed by atoms with Crippen molar-refractivity contribution < 1.29 is 26.3 Å². The zero-order chi connectivity index (χ0) is 22.8. The lowest BCUT2D eigenvalue weighted by Crippen LogP contribution is -2.25. The van der Waals surface area contributed by atoms with Crippen molar-refractivity contribution in [2.45, 2.75) is 44.9 Å². The monoisotopic (exact) mass is 453 g/mol. The fourth-order valence-electron chi connectivity index (χ4n) is 3.71. The topological polar surface area (TPSA) is 55.4 Å². The van der Waals surface area contributed by atoms with Crippen molar-refractivity contribution in [1.29, 1.82) is 0 Å². The van der Waals surface area contributed by atoms with Gasteiger partial charge in [0.05, 0.1) is 4.90 Å². The normalized spacial score (nSPS) is 19.7. The molecular formula is C23H26F3NO3S. The van der Waals surface area contributed by atoms with Gasteiger partial charge in [0, 0.05) is 6.54 Å². The number of halogens is 3. The maximum Gasteiger partial charge on any atom is 0.573 e. The Hall–Kier alpha value is -2.32. The highest BCUT2D eigenvalue weighted by atomic mass is 32.2. The Morgan fingerprint density at radius 1 is 1.13 bits per heavy atom. The third kappa shape index (κ3) is 6.33. The first-order valence-corrected chi connectivity index (χ1v) is 11.5. The van der Waals surface area contributed by atoms with Crippen molar-refractivity contribution in [2.24, 2.45) is 11.8 Å². The van der Waals surface area contributed by atoms with Crippen LogP contribution < -0.4 is 9.46 Å². The highest BCUT2D eigenvalue weighted by Gasteiger charge is 2.38. The molecule has 0 heterocycles. The lowest BCUT2D eigenvalue weighted by Gasteiger charge is -2.12. The number of alkyl halides is 3. The number of allylic oxidation sites excluding steroid dienone is 2. The van der Waals surface area contributed by atoms with E-state index in [0.717, 1.165) is 23.1 Å². The van der Waals surface area contributed by atoms with E-state index in [1.165, 1.54) is 18.2 Å². The second-order valence-electron chi connectivity index (χ2n) is 7.99. The summed E-state index contributed by atoms with van der Waals surface area (Å²) < 4.78 is 68.8. The minimum atomic E-state index is -4.72. The Kier molecular flexibility index (Phi) is 6.81. The van der Waals surface area contributed by atoms with Crippen LogP contribution in [0.5, 0.6) is 5.75 Å². The molecule has 2 unspecified atom stereocenters. The van der Waals surface area contributed by atoms with E-state index in [2.05, 4.69) is 9.46 Å². The second kappa shape index (κ2) is 9.04. The Morgan fingerprint density at radius 3 is 2.45 bits per heavy atom. The molecule has 31 heavy (non-hydrogen) atoms. The van der Waals surface area contributed by atoms with Gasteiger partial charge in [0.15, 0.2) is 0 Å². The number of hydrogen-bond donors (Lipinski definition) is 1. The first-order chi connectivity index (χ1) is 14.5. The molecule has 1 aliphatic rings. The lowest BCUT2D eigenvalue weighted by atomic mass is 9.98. The Bertz CT molecular complexity index is 1060. The van der Waals surface area contributed by atoms with Gasteiger partial charge in [-0.15, -0.1) is 13.2 Å². The molecule has 2 aromatic rings. The van der Waals surface area contributed by atoms with Crippen LogP contribution >= 0.6 is 0 Å². The molecule has 168 valence electrons. The van der Waals surface area contributed by atoms with E-state index in [1.807, 2.05) is 20.8 Å². The molecule has 4 nitrogen and oxygen atoms in total. The predicted octanol–water partition coefficient (Wildman–Crippen LogP) is 5.69. The molecule has 0 saturated heterocycles. The standard InChI is InChI=1S/C23H26F3NO3S/c1-15-7-9-21(10-8-15)31(28,29)27-12-11-19-14-22(19)17(3)16(2)18-5-4-6-20(13-18)30-23(24,25)26/h4-10,13,19,22,27H,11-12,14H2,1-3H3/b17-16+.